The zero-order chi connectivity index (χ0) is 11.5. The van der Waals surface area contributed by atoms with E-state index >= 15 is 0 Å². The Bertz CT molecular complexity index is 360. The number of anilines is 1. The number of hydrogen-bond acceptors (Lipinski definition) is 1. The lowest BCUT2D eigenvalue weighted by molar-refractivity contribution is -0.150. The summed E-state index contributed by atoms with van der Waals surface area (Å²) in [4.78, 5) is 10.9. The second-order valence-electron chi connectivity index (χ2n) is 3.21. The summed E-state index contributed by atoms with van der Waals surface area (Å²) in [6.07, 6.45) is -5.92. The van der Waals surface area contributed by atoms with Crippen molar-refractivity contribution in [1.29, 1.82) is 0 Å². The smallest absolute Gasteiger partial charge is 0.326 e. The monoisotopic (exact) mass is 217 g/mol. The van der Waals surface area contributed by atoms with Crippen molar-refractivity contribution in [1.82, 2.24) is 0 Å². The molecule has 0 atom stereocenters. The summed E-state index contributed by atoms with van der Waals surface area (Å²) in [6.45, 7) is 1.79. The molecular weight excluding hydrogens is 207 g/mol. The second-order valence-corrected chi connectivity index (χ2v) is 3.21. The first-order valence-corrected chi connectivity index (χ1v) is 4.30. The molecule has 0 aliphatic heterocycles. The standard InChI is InChI=1S/C10H10F3NO/c1-7-3-2-4-8(5-7)14-9(15)6-10(11,12)13/h2-5H,6H2,1H3,(H,14,15). The van der Waals surface area contributed by atoms with Gasteiger partial charge in [0, 0.05) is 5.69 Å². The molecule has 0 saturated heterocycles. The lowest BCUT2D eigenvalue weighted by Crippen LogP contribution is -2.21. The minimum absolute atomic E-state index is 0.379. The van der Waals surface area contributed by atoms with E-state index in [0.29, 0.717) is 5.69 Å². The number of carbonyl (C=O) groups is 1. The number of hydrogen-bond donors (Lipinski definition) is 1. The highest BCUT2D eigenvalue weighted by Gasteiger charge is 2.31. The molecule has 1 amide bonds. The van der Waals surface area contributed by atoms with E-state index in [0.717, 1.165) is 5.56 Å². The molecule has 1 aromatic carbocycles. The molecule has 0 unspecified atom stereocenters. The van der Waals surface area contributed by atoms with Crippen LogP contribution in [0, 0.1) is 6.92 Å². The van der Waals surface area contributed by atoms with Crippen LogP contribution in [0.15, 0.2) is 24.3 Å². The number of benzene rings is 1. The fourth-order valence-corrected chi connectivity index (χ4v) is 1.11. The van der Waals surface area contributed by atoms with Gasteiger partial charge in [-0.1, -0.05) is 12.1 Å². The van der Waals surface area contributed by atoms with Gasteiger partial charge in [-0.2, -0.15) is 13.2 Å². The predicted octanol–water partition coefficient (Wildman–Crippen LogP) is 2.89. The van der Waals surface area contributed by atoms with Gasteiger partial charge in [-0.25, -0.2) is 0 Å². The van der Waals surface area contributed by atoms with Gasteiger partial charge < -0.3 is 5.32 Å². The first-order chi connectivity index (χ1) is 6.87. The van der Waals surface area contributed by atoms with Crippen LogP contribution < -0.4 is 5.32 Å². The Morgan fingerprint density at radius 3 is 2.60 bits per heavy atom. The van der Waals surface area contributed by atoms with Crippen molar-refractivity contribution in [3.63, 3.8) is 0 Å². The van der Waals surface area contributed by atoms with Crippen molar-refractivity contribution >= 4 is 11.6 Å². The highest BCUT2D eigenvalue weighted by Crippen LogP contribution is 2.20. The van der Waals surface area contributed by atoms with Crippen molar-refractivity contribution < 1.29 is 18.0 Å². The number of rotatable bonds is 2. The summed E-state index contributed by atoms with van der Waals surface area (Å²) in [6, 6.07) is 6.60. The average molecular weight is 217 g/mol. The van der Waals surface area contributed by atoms with Gasteiger partial charge >= 0.3 is 6.18 Å². The number of amides is 1. The van der Waals surface area contributed by atoms with E-state index < -0.39 is 18.5 Å². The Hall–Kier alpha value is -1.52. The molecule has 1 N–H and O–H groups in total. The molecule has 15 heavy (non-hydrogen) atoms. The van der Waals surface area contributed by atoms with Crippen molar-refractivity contribution in [2.45, 2.75) is 19.5 Å². The Kier molecular flexibility index (Phi) is 3.34. The molecule has 1 rings (SSSR count). The largest absolute Gasteiger partial charge is 0.397 e. The minimum Gasteiger partial charge on any atom is -0.326 e. The van der Waals surface area contributed by atoms with E-state index in [1.165, 1.54) is 0 Å². The summed E-state index contributed by atoms with van der Waals surface area (Å²) >= 11 is 0. The van der Waals surface area contributed by atoms with Gasteiger partial charge in [0.1, 0.15) is 6.42 Å². The van der Waals surface area contributed by atoms with Gasteiger partial charge in [0.05, 0.1) is 0 Å². The second kappa shape index (κ2) is 4.33. The number of alkyl halides is 3. The van der Waals surface area contributed by atoms with E-state index in [1.807, 2.05) is 0 Å². The number of halogens is 3. The summed E-state index contributed by atoms with van der Waals surface area (Å²) in [5, 5.41) is 2.18. The average Bonchev–Trinajstić information content (AvgIpc) is 1.99. The maximum atomic E-state index is 11.8. The van der Waals surface area contributed by atoms with Crippen LogP contribution in [-0.4, -0.2) is 12.1 Å². The summed E-state index contributed by atoms with van der Waals surface area (Å²) < 4.78 is 35.5. The molecule has 0 aliphatic rings. The Balaban J connectivity index is 2.59. The molecular formula is C10H10F3NO. The fourth-order valence-electron chi connectivity index (χ4n) is 1.11. The van der Waals surface area contributed by atoms with Gasteiger partial charge in [0.2, 0.25) is 5.91 Å². The van der Waals surface area contributed by atoms with Crippen LogP contribution in [0.1, 0.15) is 12.0 Å². The first-order valence-electron chi connectivity index (χ1n) is 4.30. The molecule has 0 fully saturated rings. The molecule has 0 bridgehead atoms. The van der Waals surface area contributed by atoms with Gasteiger partial charge in [0.25, 0.3) is 0 Å². The number of nitrogens with one attached hydrogen (secondary N) is 1. The lowest BCUT2D eigenvalue weighted by Gasteiger charge is -2.07. The van der Waals surface area contributed by atoms with Crippen LogP contribution in [0.2, 0.25) is 0 Å². The molecule has 0 heterocycles. The maximum Gasteiger partial charge on any atom is 0.397 e. The van der Waals surface area contributed by atoms with Crippen LogP contribution in [0.25, 0.3) is 0 Å². The molecule has 5 heteroatoms. The molecule has 1 aromatic rings. The molecule has 0 saturated carbocycles. The van der Waals surface area contributed by atoms with Crippen molar-refractivity contribution in [3.05, 3.63) is 29.8 Å². The zero-order valence-corrected chi connectivity index (χ0v) is 8.06. The van der Waals surface area contributed by atoms with Crippen molar-refractivity contribution in [2.24, 2.45) is 0 Å². The van der Waals surface area contributed by atoms with Crippen molar-refractivity contribution in [3.8, 4) is 0 Å². The van der Waals surface area contributed by atoms with Crippen LogP contribution in [0.5, 0.6) is 0 Å². The summed E-state index contributed by atoms with van der Waals surface area (Å²) in [5.74, 6) is -1.05. The van der Waals surface area contributed by atoms with E-state index in [4.69, 9.17) is 0 Å². The number of carbonyl (C=O) groups excluding carboxylic acids is 1. The third-order valence-electron chi connectivity index (χ3n) is 1.66. The fraction of sp³-hybridized carbons (Fsp3) is 0.300. The van der Waals surface area contributed by atoms with Gasteiger partial charge in [-0.3, -0.25) is 4.79 Å². The van der Waals surface area contributed by atoms with Gasteiger partial charge in [-0.15, -0.1) is 0 Å². The van der Waals surface area contributed by atoms with E-state index in [2.05, 4.69) is 5.32 Å². The Morgan fingerprint density at radius 1 is 1.40 bits per heavy atom. The Morgan fingerprint density at radius 2 is 2.07 bits per heavy atom. The van der Waals surface area contributed by atoms with Gasteiger partial charge in [0.15, 0.2) is 0 Å². The van der Waals surface area contributed by atoms with E-state index in [9.17, 15) is 18.0 Å². The maximum absolute atomic E-state index is 11.8. The summed E-state index contributed by atoms with van der Waals surface area (Å²) in [5.41, 5.74) is 1.25. The van der Waals surface area contributed by atoms with Crippen LogP contribution in [0.3, 0.4) is 0 Å². The molecule has 0 radical (unpaired) electrons. The van der Waals surface area contributed by atoms with E-state index in [1.54, 1.807) is 31.2 Å². The molecule has 0 spiro atoms. The van der Waals surface area contributed by atoms with Crippen molar-refractivity contribution in [2.75, 3.05) is 5.32 Å². The zero-order valence-electron chi connectivity index (χ0n) is 8.06. The predicted molar refractivity (Wildman–Crippen MR) is 50.5 cm³/mol. The number of aryl methyl sites for hydroxylation is 1. The Labute approximate surface area is 85.1 Å². The van der Waals surface area contributed by atoms with E-state index in [-0.39, 0.29) is 0 Å². The first kappa shape index (κ1) is 11.6. The normalized spacial score (nSPS) is 11.2. The third-order valence-corrected chi connectivity index (χ3v) is 1.66. The van der Waals surface area contributed by atoms with Crippen LogP contribution in [0.4, 0.5) is 18.9 Å². The van der Waals surface area contributed by atoms with Crippen LogP contribution >= 0.6 is 0 Å². The molecule has 0 aliphatic carbocycles. The minimum atomic E-state index is -4.46. The SMILES string of the molecule is Cc1cccc(NC(=O)CC(F)(F)F)c1. The quantitative estimate of drug-likeness (QED) is 0.810. The topological polar surface area (TPSA) is 29.1 Å². The third kappa shape index (κ3) is 4.49. The lowest BCUT2D eigenvalue weighted by atomic mass is 10.2. The summed E-state index contributed by atoms with van der Waals surface area (Å²) in [7, 11) is 0. The van der Waals surface area contributed by atoms with Crippen LogP contribution in [-0.2, 0) is 4.79 Å². The molecule has 2 nitrogen and oxygen atoms in total. The highest BCUT2D eigenvalue weighted by atomic mass is 19.4. The van der Waals surface area contributed by atoms with Gasteiger partial charge in [-0.05, 0) is 24.6 Å². The molecule has 0 aromatic heterocycles. The highest BCUT2D eigenvalue weighted by molar-refractivity contribution is 5.91. The molecule has 82 valence electrons.